The largest absolute Gasteiger partial charge is 1.00 e. The van der Waals surface area contributed by atoms with Crippen molar-refractivity contribution in [1.82, 2.24) is 5.32 Å². The highest BCUT2D eigenvalue weighted by Gasteiger charge is 2.53. The normalized spacial score (nSPS) is 46.9. The van der Waals surface area contributed by atoms with E-state index in [0.29, 0.717) is 5.75 Å². The van der Waals surface area contributed by atoms with Crippen molar-refractivity contribution in [3.63, 3.8) is 0 Å². The Kier molecular flexibility index (Phi) is 3.06. The molecule has 13 heavy (non-hydrogen) atoms. The molecule has 78 valence electrons. The third-order valence-corrected chi connectivity index (χ3v) is 6.01. The van der Waals surface area contributed by atoms with Gasteiger partial charge in [0.05, 0.1) is 11.5 Å². The Morgan fingerprint density at radius 1 is 1.62 bits per heavy atom. The summed E-state index contributed by atoms with van der Waals surface area (Å²) in [4.78, 5) is 0. The van der Waals surface area contributed by atoms with Crippen molar-refractivity contribution < 1.29 is 31.1 Å². The molecule has 2 saturated heterocycles. The molecule has 0 aromatic heterocycles. The van der Waals surface area contributed by atoms with Crippen LogP contribution < -0.4 is 28.0 Å². The van der Waals surface area contributed by atoms with Gasteiger partial charge in [0.1, 0.15) is 0 Å². The summed E-state index contributed by atoms with van der Waals surface area (Å²) in [5.74, 6) is 0.580. The van der Waals surface area contributed by atoms with Crippen molar-refractivity contribution >= 4 is 21.6 Å². The molecule has 0 amide bonds. The van der Waals surface area contributed by atoms with Crippen molar-refractivity contribution in [3.8, 4) is 0 Å². The number of hydrogen-bond acceptors (Lipinski definition) is 4. The fraction of sp³-hybridized carbons (Fsp3) is 1.00. The first-order valence-corrected chi connectivity index (χ1v) is 6.64. The zero-order valence-corrected chi connectivity index (χ0v) is 10.5. The number of halogens is 1. The molecule has 4 N–H and O–H groups in total. The van der Waals surface area contributed by atoms with Gasteiger partial charge in [-0.2, -0.15) is 0 Å². The zero-order chi connectivity index (χ0) is 8.98. The predicted octanol–water partition coefficient (Wildman–Crippen LogP) is -4.59. The maximum Gasteiger partial charge on any atom is 0.187 e. The fourth-order valence-corrected chi connectivity index (χ4v) is 6.32. The van der Waals surface area contributed by atoms with E-state index in [2.05, 4.69) is 11.1 Å². The van der Waals surface area contributed by atoms with Gasteiger partial charge >= 0.3 is 0 Å². The highest BCUT2D eigenvalue weighted by molar-refractivity contribution is 8.02. The number of hydrogen-bond donors (Lipinski definition) is 2. The molecule has 2 rings (SSSR count). The Bertz CT molecular complexity index is 308. The van der Waals surface area contributed by atoms with Crippen molar-refractivity contribution in [2.75, 3.05) is 11.5 Å². The van der Waals surface area contributed by atoms with Crippen molar-refractivity contribution in [1.29, 1.82) is 0 Å². The van der Waals surface area contributed by atoms with Gasteiger partial charge < -0.3 is 22.7 Å². The van der Waals surface area contributed by atoms with Gasteiger partial charge in [-0.15, -0.1) is 0 Å². The van der Waals surface area contributed by atoms with Gasteiger partial charge in [0.25, 0.3) is 0 Å². The van der Waals surface area contributed by atoms with Crippen LogP contribution in [0.5, 0.6) is 0 Å². The lowest BCUT2D eigenvalue weighted by molar-refractivity contribution is -0.394. The van der Waals surface area contributed by atoms with Crippen molar-refractivity contribution in [2.45, 2.75) is 23.2 Å². The van der Waals surface area contributed by atoms with Gasteiger partial charge in [-0.3, -0.25) is 5.32 Å². The lowest BCUT2D eigenvalue weighted by Crippen LogP contribution is -3.00. The van der Waals surface area contributed by atoms with E-state index in [1.807, 2.05) is 6.92 Å². The highest BCUT2D eigenvalue weighted by atomic mass is 79.9. The van der Waals surface area contributed by atoms with Crippen LogP contribution in [0.15, 0.2) is 0 Å². The molecular formula is C6H13BrN2O2S2. The Hall–Kier alpha value is 0.700. The molecule has 2 aliphatic heterocycles. The molecule has 3 atom stereocenters. The molecule has 0 radical (unpaired) electrons. The third-order valence-electron chi connectivity index (χ3n) is 2.45. The van der Waals surface area contributed by atoms with E-state index in [0.717, 1.165) is 0 Å². The van der Waals surface area contributed by atoms with Gasteiger partial charge in [0.15, 0.2) is 15.3 Å². The summed E-state index contributed by atoms with van der Waals surface area (Å²) in [6.07, 6.45) is 0. The predicted molar refractivity (Wildman–Crippen MR) is 48.2 cm³/mol. The first-order chi connectivity index (χ1) is 5.41. The number of sulfone groups is 1. The maximum atomic E-state index is 11.3. The average molecular weight is 289 g/mol. The van der Waals surface area contributed by atoms with Gasteiger partial charge in [0.2, 0.25) is 0 Å². The van der Waals surface area contributed by atoms with Crippen LogP contribution in [0.2, 0.25) is 0 Å². The molecule has 1 unspecified atom stereocenters. The van der Waals surface area contributed by atoms with Crippen molar-refractivity contribution in [2.24, 2.45) is 0 Å². The molecule has 0 aromatic carbocycles. The topological polar surface area (TPSA) is 73.8 Å². The summed E-state index contributed by atoms with van der Waals surface area (Å²) in [7, 11) is -2.80. The second kappa shape index (κ2) is 3.37. The van der Waals surface area contributed by atoms with Crippen LogP contribution in [-0.4, -0.2) is 36.2 Å². The summed E-state index contributed by atoms with van der Waals surface area (Å²) in [5.41, 5.74) is 3.79. The molecule has 7 heteroatoms. The Morgan fingerprint density at radius 2 is 2.23 bits per heavy atom. The van der Waals surface area contributed by atoms with Gasteiger partial charge in [-0.05, 0) is 6.92 Å². The van der Waals surface area contributed by atoms with E-state index >= 15 is 0 Å². The smallest absolute Gasteiger partial charge is 0.187 e. The number of thioether (sulfide) groups is 1. The van der Waals surface area contributed by atoms with E-state index in [-0.39, 0.29) is 39.0 Å². The minimum atomic E-state index is -2.80. The lowest BCUT2D eigenvalue weighted by Gasteiger charge is -2.19. The molecule has 4 nitrogen and oxygen atoms in total. The molecule has 0 spiro atoms. The number of nitrogens with one attached hydrogen (secondary N) is 1. The summed E-state index contributed by atoms with van der Waals surface area (Å²) in [5, 5.41) is 3.42. The molecule has 0 bridgehead atoms. The summed E-state index contributed by atoms with van der Waals surface area (Å²) in [6, 6.07) is 0. The van der Waals surface area contributed by atoms with E-state index in [4.69, 9.17) is 0 Å². The Labute approximate surface area is 92.7 Å². The summed E-state index contributed by atoms with van der Waals surface area (Å²) < 4.78 is 22.6. The fourth-order valence-electron chi connectivity index (χ4n) is 1.95. The molecular weight excluding hydrogens is 276 g/mol. The molecule has 2 heterocycles. The number of fused-ring (bicyclic) bond motifs is 1. The first kappa shape index (κ1) is 11.8. The highest BCUT2D eigenvalue weighted by Crippen LogP contribution is 2.38. The van der Waals surface area contributed by atoms with Crippen LogP contribution in [0.3, 0.4) is 0 Å². The molecule has 0 aromatic rings. The quantitative estimate of drug-likeness (QED) is 0.471. The lowest BCUT2D eigenvalue weighted by atomic mass is 10.0. The third kappa shape index (κ3) is 2.04. The minimum Gasteiger partial charge on any atom is -1.00 e. The zero-order valence-electron chi connectivity index (χ0n) is 7.29. The molecule has 0 aliphatic carbocycles. The van der Waals surface area contributed by atoms with Crippen LogP contribution in [0.1, 0.15) is 6.92 Å². The van der Waals surface area contributed by atoms with Crippen LogP contribution in [0, 0.1) is 0 Å². The van der Waals surface area contributed by atoms with E-state index in [1.165, 1.54) is 0 Å². The number of quaternary nitrogens is 1. The molecule has 0 saturated carbocycles. The molecule has 2 fully saturated rings. The van der Waals surface area contributed by atoms with Crippen LogP contribution in [-0.2, 0) is 9.84 Å². The standard InChI is InChI=1S/C6H12N2O2S2.BrH/c1-6-3-12(9,10)2-4(6)11-5(7)8-6;/h4-5,8H,2-3,7H2,1H3;1H/t4-,5?,6+;/m0./s1. The Balaban J connectivity index is 0.000000845. The van der Waals surface area contributed by atoms with Crippen LogP contribution in [0.25, 0.3) is 0 Å². The first-order valence-electron chi connectivity index (χ1n) is 3.88. The van der Waals surface area contributed by atoms with Crippen LogP contribution >= 0.6 is 11.8 Å². The second-order valence-corrected chi connectivity index (χ2v) is 7.25. The van der Waals surface area contributed by atoms with E-state index in [9.17, 15) is 8.42 Å². The monoisotopic (exact) mass is 288 g/mol. The van der Waals surface area contributed by atoms with E-state index in [1.54, 1.807) is 11.8 Å². The van der Waals surface area contributed by atoms with Gasteiger partial charge in [0, 0.05) is 10.8 Å². The van der Waals surface area contributed by atoms with Gasteiger partial charge in [-0.1, -0.05) is 11.8 Å². The van der Waals surface area contributed by atoms with E-state index < -0.39 is 9.84 Å². The van der Waals surface area contributed by atoms with Gasteiger partial charge in [-0.25, -0.2) is 8.42 Å². The summed E-state index contributed by atoms with van der Waals surface area (Å²) in [6.45, 7) is 1.97. The SMILES string of the molecule is C[C@@]12CS(=O)(=O)C[C@@H]1SC([NH3+])N2.[Br-]. The molecule has 2 aliphatic rings. The average Bonchev–Trinajstić information content (AvgIpc) is 2.11. The van der Waals surface area contributed by atoms with Crippen molar-refractivity contribution in [3.05, 3.63) is 0 Å². The maximum absolute atomic E-state index is 11.3. The second-order valence-electron chi connectivity index (χ2n) is 3.73. The summed E-state index contributed by atoms with van der Waals surface area (Å²) >= 11 is 1.64. The Morgan fingerprint density at radius 3 is 2.77 bits per heavy atom. The minimum absolute atomic E-state index is 0. The number of rotatable bonds is 0. The van der Waals surface area contributed by atoms with Crippen LogP contribution in [0.4, 0.5) is 0 Å².